The lowest BCUT2D eigenvalue weighted by atomic mass is 10.0. The molecule has 3 heteroatoms. The van der Waals surface area contributed by atoms with E-state index in [1.165, 1.54) is 38.5 Å². The number of rotatable bonds is 14. The van der Waals surface area contributed by atoms with E-state index in [9.17, 15) is 9.67 Å². The standard InChI is InChI=1S/C18H39O2P/c1-5-9-11-17(7-3)15-21(20,14-13-19)16-18(8-4)12-10-6-2/h17-19H,5-16H2,1-4H3. The van der Waals surface area contributed by atoms with Crippen molar-refractivity contribution >= 4 is 7.14 Å². The Morgan fingerprint density at radius 2 is 1.29 bits per heavy atom. The second-order valence-electron chi connectivity index (χ2n) is 6.70. The molecule has 0 aromatic heterocycles. The van der Waals surface area contributed by atoms with Crippen LogP contribution in [0.2, 0.25) is 0 Å². The molecule has 0 aliphatic heterocycles. The van der Waals surface area contributed by atoms with E-state index >= 15 is 0 Å². The molecule has 0 radical (unpaired) electrons. The molecule has 2 atom stereocenters. The minimum Gasteiger partial charge on any atom is -0.396 e. The molecule has 1 N–H and O–H groups in total. The molecule has 0 bridgehead atoms. The highest BCUT2D eigenvalue weighted by Gasteiger charge is 2.28. The molecule has 21 heavy (non-hydrogen) atoms. The third-order valence-electron chi connectivity index (χ3n) is 4.78. The van der Waals surface area contributed by atoms with E-state index in [0.717, 1.165) is 25.2 Å². The average molecular weight is 318 g/mol. The van der Waals surface area contributed by atoms with Crippen LogP contribution in [0.3, 0.4) is 0 Å². The van der Waals surface area contributed by atoms with Gasteiger partial charge in [-0.25, -0.2) is 0 Å². The van der Waals surface area contributed by atoms with Crippen molar-refractivity contribution in [1.82, 2.24) is 0 Å². The smallest absolute Gasteiger partial charge is 0.0905 e. The summed E-state index contributed by atoms with van der Waals surface area (Å²) in [5.74, 6) is 1.18. The molecule has 0 aliphatic rings. The molecule has 0 amide bonds. The summed E-state index contributed by atoms with van der Waals surface area (Å²) in [6, 6.07) is 0. The Hall–Kier alpha value is 0.190. The maximum atomic E-state index is 13.3. The Balaban J connectivity index is 4.66. The Morgan fingerprint density at radius 1 is 0.857 bits per heavy atom. The highest BCUT2D eigenvalue weighted by atomic mass is 31.2. The van der Waals surface area contributed by atoms with Crippen LogP contribution in [0, 0.1) is 11.8 Å². The molecule has 0 rings (SSSR count). The van der Waals surface area contributed by atoms with Gasteiger partial charge in [0.1, 0.15) is 0 Å². The summed E-state index contributed by atoms with van der Waals surface area (Å²) < 4.78 is 13.3. The molecule has 0 saturated heterocycles. The predicted molar refractivity (Wildman–Crippen MR) is 95.9 cm³/mol. The number of aliphatic hydroxyl groups excluding tert-OH is 1. The SMILES string of the molecule is CCCCC(CC)CP(=O)(CCO)CC(CC)CCCC. The van der Waals surface area contributed by atoms with Gasteiger partial charge in [-0.3, -0.25) is 0 Å². The first-order valence-corrected chi connectivity index (χ1v) is 11.5. The third kappa shape index (κ3) is 9.74. The molecule has 2 unspecified atom stereocenters. The molecule has 0 spiro atoms. The van der Waals surface area contributed by atoms with Gasteiger partial charge in [0.05, 0.1) is 7.14 Å². The van der Waals surface area contributed by atoms with Crippen molar-refractivity contribution in [3.8, 4) is 0 Å². The van der Waals surface area contributed by atoms with Gasteiger partial charge in [0, 0.05) is 25.1 Å². The number of aliphatic hydroxyl groups is 1. The van der Waals surface area contributed by atoms with E-state index in [-0.39, 0.29) is 6.61 Å². The van der Waals surface area contributed by atoms with Crippen molar-refractivity contribution in [2.24, 2.45) is 11.8 Å². The number of hydrogen-bond donors (Lipinski definition) is 1. The first-order valence-electron chi connectivity index (χ1n) is 9.23. The van der Waals surface area contributed by atoms with Crippen LogP contribution in [0.1, 0.15) is 79.1 Å². The minimum atomic E-state index is -2.20. The molecule has 0 aliphatic carbocycles. The van der Waals surface area contributed by atoms with E-state index in [2.05, 4.69) is 27.7 Å². The first kappa shape index (κ1) is 21.2. The summed E-state index contributed by atoms with van der Waals surface area (Å²) in [7, 11) is -2.20. The van der Waals surface area contributed by atoms with Crippen molar-refractivity contribution in [2.75, 3.05) is 25.1 Å². The zero-order valence-electron chi connectivity index (χ0n) is 14.9. The second-order valence-corrected chi connectivity index (χ2v) is 10.00. The monoisotopic (exact) mass is 318 g/mol. The zero-order chi connectivity index (χ0) is 16.1. The van der Waals surface area contributed by atoms with Gasteiger partial charge in [-0.15, -0.1) is 0 Å². The van der Waals surface area contributed by atoms with Gasteiger partial charge >= 0.3 is 0 Å². The predicted octanol–water partition coefficient (Wildman–Crippen LogP) is 5.77. The molecular weight excluding hydrogens is 279 g/mol. The van der Waals surface area contributed by atoms with E-state index in [4.69, 9.17) is 0 Å². The van der Waals surface area contributed by atoms with Crippen molar-refractivity contribution in [3.63, 3.8) is 0 Å². The van der Waals surface area contributed by atoms with E-state index in [1.54, 1.807) is 0 Å². The van der Waals surface area contributed by atoms with Gasteiger partial charge in [0.2, 0.25) is 0 Å². The Bertz CT molecular complexity index is 256. The largest absolute Gasteiger partial charge is 0.396 e. The fourth-order valence-corrected chi connectivity index (χ4v) is 6.86. The number of unbranched alkanes of at least 4 members (excludes halogenated alkanes) is 2. The van der Waals surface area contributed by atoms with Gasteiger partial charge < -0.3 is 9.67 Å². The topological polar surface area (TPSA) is 37.3 Å². The lowest BCUT2D eigenvalue weighted by Crippen LogP contribution is -2.16. The molecule has 128 valence electrons. The van der Waals surface area contributed by atoms with Crippen LogP contribution in [0.4, 0.5) is 0 Å². The van der Waals surface area contributed by atoms with E-state index in [1.807, 2.05) is 0 Å². The van der Waals surface area contributed by atoms with Crippen LogP contribution in [-0.4, -0.2) is 30.2 Å². The molecular formula is C18H39O2P. The summed E-state index contributed by atoms with van der Waals surface area (Å²) in [5, 5.41) is 9.35. The van der Waals surface area contributed by atoms with Crippen LogP contribution in [-0.2, 0) is 4.57 Å². The Labute approximate surface area is 133 Å². The zero-order valence-corrected chi connectivity index (χ0v) is 15.8. The summed E-state index contributed by atoms with van der Waals surface area (Å²) in [5.41, 5.74) is 0. The second kappa shape index (κ2) is 12.7. The molecule has 0 heterocycles. The van der Waals surface area contributed by atoms with Crippen molar-refractivity contribution in [3.05, 3.63) is 0 Å². The Kier molecular flexibility index (Phi) is 12.8. The lowest BCUT2D eigenvalue weighted by molar-refractivity contribution is 0.318. The maximum Gasteiger partial charge on any atom is 0.0905 e. The quantitative estimate of drug-likeness (QED) is 0.412. The van der Waals surface area contributed by atoms with Crippen molar-refractivity contribution in [2.45, 2.75) is 79.1 Å². The molecule has 0 aromatic rings. The fourth-order valence-electron chi connectivity index (χ4n) is 3.22. The molecule has 2 nitrogen and oxygen atoms in total. The molecule has 0 fully saturated rings. The third-order valence-corrected chi connectivity index (χ3v) is 8.15. The summed E-state index contributed by atoms with van der Waals surface area (Å²) >= 11 is 0. The highest BCUT2D eigenvalue weighted by Crippen LogP contribution is 2.50. The minimum absolute atomic E-state index is 0.0890. The lowest BCUT2D eigenvalue weighted by Gasteiger charge is -2.27. The van der Waals surface area contributed by atoms with Gasteiger partial charge in [0.15, 0.2) is 0 Å². The van der Waals surface area contributed by atoms with Crippen LogP contribution >= 0.6 is 7.14 Å². The van der Waals surface area contributed by atoms with Gasteiger partial charge in [0.25, 0.3) is 0 Å². The van der Waals surface area contributed by atoms with E-state index in [0.29, 0.717) is 18.0 Å². The van der Waals surface area contributed by atoms with Crippen LogP contribution in [0.25, 0.3) is 0 Å². The van der Waals surface area contributed by atoms with Crippen molar-refractivity contribution < 1.29 is 9.67 Å². The normalized spacial score (nSPS) is 17.4. The van der Waals surface area contributed by atoms with Gasteiger partial charge in [-0.05, 0) is 11.8 Å². The number of hydrogen-bond acceptors (Lipinski definition) is 2. The van der Waals surface area contributed by atoms with Gasteiger partial charge in [-0.1, -0.05) is 79.1 Å². The van der Waals surface area contributed by atoms with Crippen LogP contribution in [0.15, 0.2) is 0 Å². The van der Waals surface area contributed by atoms with Crippen LogP contribution in [0.5, 0.6) is 0 Å². The molecule has 0 saturated carbocycles. The van der Waals surface area contributed by atoms with Crippen molar-refractivity contribution in [1.29, 1.82) is 0 Å². The maximum absolute atomic E-state index is 13.3. The molecule has 0 aromatic carbocycles. The summed E-state index contributed by atoms with van der Waals surface area (Å²) in [6.07, 6.45) is 11.8. The first-order chi connectivity index (χ1) is 10.0. The Morgan fingerprint density at radius 3 is 1.57 bits per heavy atom. The average Bonchev–Trinajstić information content (AvgIpc) is 2.48. The highest BCUT2D eigenvalue weighted by molar-refractivity contribution is 7.64. The van der Waals surface area contributed by atoms with Crippen LogP contribution < -0.4 is 0 Å². The summed E-state index contributed by atoms with van der Waals surface area (Å²) in [6.45, 7) is 8.97. The van der Waals surface area contributed by atoms with E-state index < -0.39 is 7.14 Å². The fraction of sp³-hybridized carbons (Fsp3) is 1.00. The van der Waals surface area contributed by atoms with Gasteiger partial charge in [-0.2, -0.15) is 0 Å². The summed E-state index contributed by atoms with van der Waals surface area (Å²) in [4.78, 5) is 0.